The summed E-state index contributed by atoms with van der Waals surface area (Å²) in [5.74, 6) is 0. The number of hydrogen-bond acceptors (Lipinski definition) is 2. The molecule has 0 saturated carbocycles. The van der Waals surface area contributed by atoms with Crippen molar-refractivity contribution in [1.82, 2.24) is 4.57 Å². The number of para-hydroxylation sites is 2. The van der Waals surface area contributed by atoms with Crippen LogP contribution in [0, 0.1) is 0 Å². The van der Waals surface area contributed by atoms with Crippen molar-refractivity contribution in [2.45, 2.75) is 19.3 Å². The Morgan fingerprint density at radius 1 is 0.595 bits per heavy atom. The molecule has 0 bridgehead atoms. The van der Waals surface area contributed by atoms with Crippen LogP contribution in [0.25, 0.3) is 49.7 Å². The Morgan fingerprint density at radius 3 is 2.00 bits per heavy atom. The van der Waals surface area contributed by atoms with E-state index in [0.717, 1.165) is 27.9 Å². The zero-order valence-corrected chi connectivity index (χ0v) is 20.8. The van der Waals surface area contributed by atoms with E-state index < -0.39 is 7.12 Å². The molecule has 0 spiro atoms. The lowest BCUT2D eigenvalue weighted by Crippen LogP contribution is -2.30. The molecular formula is C33H26BNO2. The highest BCUT2D eigenvalue weighted by Crippen LogP contribution is 2.49. The highest BCUT2D eigenvalue weighted by molar-refractivity contribution is 6.58. The fourth-order valence-electron chi connectivity index (χ4n) is 6.13. The molecule has 4 heteroatoms. The minimum Gasteiger partial charge on any atom is -0.423 e. The maximum absolute atomic E-state index is 9.80. The predicted octanol–water partition coefficient (Wildman–Crippen LogP) is 6.44. The van der Waals surface area contributed by atoms with Gasteiger partial charge in [0.1, 0.15) is 0 Å². The van der Waals surface area contributed by atoms with Crippen LogP contribution in [0.4, 0.5) is 0 Å². The van der Waals surface area contributed by atoms with E-state index >= 15 is 0 Å². The average Bonchev–Trinajstić information content (AvgIpc) is 3.37. The minimum atomic E-state index is -1.48. The molecule has 0 radical (unpaired) electrons. The topological polar surface area (TPSA) is 45.4 Å². The Balaban J connectivity index is 1.45. The van der Waals surface area contributed by atoms with Crippen molar-refractivity contribution < 1.29 is 10.0 Å². The van der Waals surface area contributed by atoms with Crippen LogP contribution in [0.5, 0.6) is 0 Å². The second-order valence-electron chi connectivity index (χ2n) is 10.5. The standard InChI is InChI=1S/C33H26BNO2/c1-33(2)29-16-13-21(18-27(29)28-20-23(34(36)37)14-17-30(28)33)22-12-15-26-25-10-6-7-11-31(25)35(32(26)19-22)24-8-4-3-5-9-24/h3-20,36-37H,1-2H3. The van der Waals surface area contributed by atoms with E-state index in [2.05, 4.69) is 103 Å². The normalized spacial score (nSPS) is 13.6. The minimum absolute atomic E-state index is 0.147. The average molecular weight is 479 g/mol. The second kappa shape index (κ2) is 7.94. The largest absolute Gasteiger partial charge is 0.488 e. The van der Waals surface area contributed by atoms with E-state index in [0.29, 0.717) is 5.46 Å². The van der Waals surface area contributed by atoms with Crippen LogP contribution in [-0.2, 0) is 5.41 Å². The molecule has 0 unspecified atom stereocenters. The lowest BCUT2D eigenvalue weighted by atomic mass is 9.77. The van der Waals surface area contributed by atoms with Gasteiger partial charge in [0.25, 0.3) is 0 Å². The summed E-state index contributed by atoms with van der Waals surface area (Å²) in [5, 5.41) is 22.1. The Bertz CT molecular complexity index is 1830. The maximum atomic E-state index is 9.80. The number of benzene rings is 5. The molecule has 5 aromatic carbocycles. The quantitative estimate of drug-likeness (QED) is 0.287. The Labute approximate surface area is 216 Å². The van der Waals surface area contributed by atoms with Crippen LogP contribution < -0.4 is 5.46 Å². The van der Waals surface area contributed by atoms with Gasteiger partial charge >= 0.3 is 7.12 Å². The lowest BCUT2D eigenvalue weighted by Gasteiger charge is -2.21. The van der Waals surface area contributed by atoms with Crippen molar-refractivity contribution in [3.8, 4) is 27.9 Å². The highest BCUT2D eigenvalue weighted by Gasteiger charge is 2.36. The molecule has 2 N–H and O–H groups in total. The van der Waals surface area contributed by atoms with E-state index in [9.17, 15) is 10.0 Å². The van der Waals surface area contributed by atoms with Crippen molar-refractivity contribution in [2.24, 2.45) is 0 Å². The first-order valence-electron chi connectivity index (χ1n) is 12.7. The molecule has 37 heavy (non-hydrogen) atoms. The fraction of sp³-hybridized carbons (Fsp3) is 0.0909. The van der Waals surface area contributed by atoms with E-state index in [1.165, 1.54) is 32.9 Å². The van der Waals surface area contributed by atoms with Crippen LogP contribution in [0.15, 0.2) is 109 Å². The molecule has 0 saturated heterocycles. The number of fused-ring (bicyclic) bond motifs is 6. The van der Waals surface area contributed by atoms with Crippen LogP contribution in [-0.4, -0.2) is 21.7 Å². The zero-order chi connectivity index (χ0) is 25.3. The van der Waals surface area contributed by atoms with Crippen LogP contribution in [0.2, 0.25) is 0 Å². The highest BCUT2D eigenvalue weighted by atomic mass is 16.4. The summed E-state index contributed by atoms with van der Waals surface area (Å²) in [6, 6.07) is 38.3. The second-order valence-corrected chi connectivity index (χ2v) is 10.5. The predicted molar refractivity (Wildman–Crippen MR) is 154 cm³/mol. The smallest absolute Gasteiger partial charge is 0.423 e. The molecule has 3 nitrogen and oxygen atoms in total. The number of nitrogens with zero attached hydrogens (tertiary/aromatic N) is 1. The van der Waals surface area contributed by atoms with Gasteiger partial charge in [-0.05, 0) is 69.2 Å². The van der Waals surface area contributed by atoms with Crippen LogP contribution in [0.1, 0.15) is 25.0 Å². The van der Waals surface area contributed by atoms with Gasteiger partial charge in [0.15, 0.2) is 0 Å². The summed E-state index contributed by atoms with van der Waals surface area (Å²) in [7, 11) is -1.48. The van der Waals surface area contributed by atoms with Crippen molar-refractivity contribution in [2.75, 3.05) is 0 Å². The third kappa shape index (κ3) is 3.23. The summed E-state index contributed by atoms with van der Waals surface area (Å²) < 4.78 is 2.34. The lowest BCUT2D eigenvalue weighted by molar-refractivity contribution is 0.426. The summed E-state index contributed by atoms with van der Waals surface area (Å²) in [6.07, 6.45) is 0. The third-order valence-electron chi connectivity index (χ3n) is 8.02. The molecule has 178 valence electrons. The van der Waals surface area contributed by atoms with Gasteiger partial charge in [-0.3, -0.25) is 0 Å². The molecule has 6 aromatic rings. The van der Waals surface area contributed by atoms with Crippen molar-refractivity contribution in [3.05, 3.63) is 120 Å². The zero-order valence-electron chi connectivity index (χ0n) is 20.8. The summed E-state index contributed by atoms with van der Waals surface area (Å²) >= 11 is 0. The molecule has 1 heterocycles. The van der Waals surface area contributed by atoms with E-state index in [4.69, 9.17) is 0 Å². The first kappa shape index (κ1) is 22.1. The van der Waals surface area contributed by atoms with Crippen molar-refractivity contribution in [1.29, 1.82) is 0 Å². The Kier molecular flexibility index (Phi) is 4.75. The number of hydrogen-bond donors (Lipinski definition) is 2. The van der Waals surface area contributed by atoms with Crippen LogP contribution >= 0.6 is 0 Å². The first-order chi connectivity index (χ1) is 17.9. The SMILES string of the molecule is CC1(C)c2ccc(B(O)O)cc2-c2cc(-c3ccc4c5ccccc5n(-c5ccccc5)c4c3)ccc21. The molecule has 1 aliphatic carbocycles. The molecular weight excluding hydrogens is 453 g/mol. The van der Waals surface area contributed by atoms with Crippen molar-refractivity contribution in [3.63, 3.8) is 0 Å². The fourth-order valence-corrected chi connectivity index (χ4v) is 6.13. The van der Waals surface area contributed by atoms with Gasteiger partial charge in [-0.25, -0.2) is 0 Å². The van der Waals surface area contributed by atoms with Crippen LogP contribution in [0.3, 0.4) is 0 Å². The third-order valence-corrected chi connectivity index (χ3v) is 8.02. The first-order valence-corrected chi connectivity index (χ1v) is 12.7. The summed E-state index contributed by atoms with van der Waals surface area (Å²) in [5.41, 5.74) is 10.9. The molecule has 7 rings (SSSR count). The maximum Gasteiger partial charge on any atom is 0.488 e. The number of rotatable bonds is 3. The van der Waals surface area contributed by atoms with Gasteiger partial charge in [-0.1, -0.05) is 92.7 Å². The van der Waals surface area contributed by atoms with Gasteiger partial charge in [0.2, 0.25) is 0 Å². The molecule has 0 fully saturated rings. The molecule has 0 atom stereocenters. The number of aromatic nitrogens is 1. The van der Waals surface area contributed by atoms with E-state index in [-0.39, 0.29) is 5.41 Å². The van der Waals surface area contributed by atoms with Crippen molar-refractivity contribution >= 4 is 34.4 Å². The Morgan fingerprint density at radius 2 is 1.22 bits per heavy atom. The van der Waals surface area contributed by atoms with Gasteiger partial charge in [0.05, 0.1) is 11.0 Å². The van der Waals surface area contributed by atoms with E-state index in [1.807, 2.05) is 24.3 Å². The van der Waals surface area contributed by atoms with Gasteiger partial charge in [-0.2, -0.15) is 0 Å². The molecule has 0 aliphatic heterocycles. The van der Waals surface area contributed by atoms with Gasteiger partial charge in [0, 0.05) is 21.9 Å². The van der Waals surface area contributed by atoms with Gasteiger partial charge in [-0.15, -0.1) is 0 Å². The summed E-state index contributed by atoms with van der Waals surface area (Å²) in [6.45, 7) is 4.47. The summed E-state index contributed by atoms with van der Waals surface area (Å²) in [4.78, 5) is 0. The molecule has 1 aliphatic rings. The molecule has 1 aromatic heterocycles. The Hall–Kier alpha value is -4.12. The van der Waals surface area contributed by atoms with E-state index in [1.54, 1.807) is 0 Å². The monoisotopic (exact) mass is 479 g/mol. The van der Waals surface area contributed by atoms with Gasteiger partial charge < -0.3 is 14.6 Å². The molecule has 0 amide bonds.